The van der Waals surface area contributed by atoms with E-state index in [1.807, 2.05) is 0 Å². The average Bonchev–Trinajstić information content (AvgIpc) is 2.87. The lowest BCUT2D eigenvalue weighted by molar-refractivity contribution is -0.135. The average molecular weight is 226 g/mol. The Hall–Kier alpha value is -0.610. The second-order valence-corrected chi connectivity index (χ2v) is 5.27. The van der Waals surface area contributed by atoms with Crippen LogP contribution in [0.3, 0.4) is 0 Å². The van der Waals surface area contributed by atoms with Gasteiger partial charge in [0.15, 0.2) is 0 Å². The summed E-state index contributed by atoms with van der Waals surface area (Å²) in [5, 5.41) is 13.4. The van der Waals surface area contributed by atoms with Crippen LogP contribution in [0.15, 0.2) is 0 Å². The first kappa shape index (κ1) is 11.9. The third-order valence-corrected chi connectivity index (χ3v) is 3.80. The third-order valence-electron chi connectivity index (χ3n) is 3.80. The first-order valence-electron chi connectivity index (χ1n) is 6.31. The summed E-state index contributed by atoms with van der Waals surface area (Å²) in [5.41, 5.74) is -0.622. The van der Waals surface area contributed by atoms with Gasteiger partial charge in [-0.1, -0.05) is 12.8 Å². The first-order valence-corrected chi connectivity index (χ1v) is 6.31. The second kappa shape index (κ2) is 4.72. The van der Waals surface area contributed by atoms with Crippen molar-refractivity contribution < 1.29 is 9.90 Å². The molecule has 1 aliphatic heterocycles. The minimum absolute atomic E-state index is 0.0185. The highest BCUT2D eigenvalue weighted by molar-refractivity contribution is 5.82. The number of carbonyl (C=O) groups excluding carboxylic acids is 1. The SMILES string of the molecule is CN(CC1(O)CCCC1)C(=O)C1CCCN1. The van der Waals surface area contributed by atoms with E-state index in [2.05, 4.69) is 5.32 Å². The van der Waals surface area contributed by atoms with Crippen molar-refractivity contribution in [1.82, 2.24) is 10.2 Å². The van der Waals surface area contributed by atoms with Crippen LogP contribution >= 0.6 is 0 Å². The zero-order valence-corrected chi connectivity index (χ0v) is 10.0. The molecule has 0 spiro atoms. The molecule has 4 heteroatoms. The Morgan fingerprint density at radius 2 is 2.12 bits per heavy atom. The van der Waals surface area contributed by atoms with Crippen LogP contribution in [-0.4, -0.2) is 47.7 Å². The zero-order valence-electron chi connectivity index (χ0n) is 10.0. The van der Waals surface area contributed by atoms with Crippen LogP contribution in [0, 0.1) is 0 Å². The van der Waals surface area contributed by atoms with Crippen LogP contribution < -0.4 is 5.32 Å². The molecule has 1 atom stereocenters. The molecule has 4 nitrogen and oxygen atoms in total. The summed E-state index contributed by atoms with van der Waals surface area (Å²) < 4.78 is 0. The van der Waals surface area contributed by atoms with Gasteiger partial charge in [0.2, 0.25) is 5.91 Å². The van der Waals surface area contributed by atoms with Gasteiger partial charge in [-0.15, -0.1) is 0 Å². The van der Waals surface area contributed by atoms with Gasteiger partial charge in [-0.2, -0.15) is 0 Å². The quantitative estimate of drug-likeness (QED) is 0.737. The number of likely N-dealkylation sites (N-methyl/N-ethyl adjacent to an activating group) is 1. The lowest BCUT2D eigenvalue weighted by Gasteiger charge is -2.30. The Balaban J connectivity index is 1.86. The number of aliphatic hydroxyl groups is 1. The predicted octanol–water partition coefficient (Wildman–Crippen LogP) is 0.502. The maximum absolute atomic E-state index is 12.0. The van der Waals surface area contributed by atoms with E-state index in [0.29, 0.717) is 6.54 Å². The summed E-state index contributed by atoms with van der Waals surface area (Å²) in [5.74, 6) is 0.137. The highest BCUT2D eigenvalue weighted by atomic mass is 16.3. The monoisotopic (exact) mass is 226 g/mol. The molecule has 1 unspecified atom stereocenters. The molecule has 1 saturated carbocycles. The molecule has 1 saturated heterocycles. The number of carbonyl (C=O) groups is 1. The van der Waals surface area contributed by atoms with E-state index in [1.165, 1.54) is 0 Å². The highest BCUT2D eigenvalue weighted by Crippen LogP contribution is 2.30. The van der Waals surface area contributed by atoms with Gasteiger partial charge in [0.05, 0.1) is 11.6 Å². The fourth-order valence-electron chi connectivity index (χ4n) is 2.87. The summed E-state index contributed by atoms with van der Waals surface area (Å²) >= 11 is 0. The maximum atomic E-state index is 12.0. The summed E-state index contributed by atoms with van der Waals surface area (Å²) in [7, 11) is 1.80. The fourth-order valence-corrected chi connectivity index (χ4v) is 2.87. The van der Waals surface area contributed by atoms with Crippen molar-refractivity contribution in [3.05, 3.63) is 0 Å². The second-order valence-electron chi connectivity index (χ2n) is 5.27. The Morgan fingerprint density at radius 1 is 1.44 bits per heavy atom. The number of nitrogens with zero attached hydrogens (tertiary/aromatic N) is 1. The van der Waals surface area contributed by atoms with Crippen LogP contribution in [0.5, 0.6) is 0 Å². The number of hydrogen-bond acceptors (Lipinski definition) is 3. The van der Waals surface area contributed by atoms with Gasteiger partial charge in [0.25, 0.3) is 0 Å². The summed E-state index contributed by atoms with van der Waals surface area (Å²) in [6.45, 7) is 1.43. The Labute approximate surface area is 97.0 Å². The van der Waals surface area contributed by atoms with Crippen LogP contribution in [0.25, 0.3) is 0 Å². The van der Waals surface area contributed by atoms with E-state index in [9.17, 15) is 9.90 Å². The molecule has 0 aromatic heterocycles. The predicted molar refractivity (Wildman–Crippen MR) is 62.1 cm³/mol. The van der Waals surface area contributed by atoms with Gasteiger partial charge in [0, 0.05) is 13.6 Å². The molecule has 16 heavy (non-hydrogen) atoms. The van der Waals surface area contributed by atoms with Crippen molar-refractivity contribution in [1.29, 1.82) is 0 Å². The van der Waals surface area contributed by atoms with Crippen molar-refractivity contribution in [2.45, 2.75) is 50.2 Å². The molecule has 2 aliphatic rings. The van der Waals surface area contributed by atoms with Crippen molar-refractivity contribution in [3.8, 4) is 0 Å². The third kappa shape index (κ3) is 2.55. The summed E-state index contributed by atoms with van der Waals surface area (Å²) in [4.78, 5) is 13.7. The van der Waals surface area contributed by atoms with E-state index in [1.54, 1.807) is 11.9 Å². The van der Waals surface area contributed by atoms with E-state index in [0.717, 1.165) is 45.1 Å². The Morgan fingerprint density at radius 3 is 2.69 bits per heavy atom. The van der Waals surface area contributed by atoms with Crippen molar-refractivity contribution in [3.63, 3.8) is 0 Å². The highest BCUT2D eigenvalue weighted by Gasteiger charge is 2.35. The molecule has 0 bridgehead atoms. The Bertz CT molecular complexity index is 256. The van der Waals surface area contributed by atoms with Gasteiger partial charge in [0.1, 0.15) is 0 Å². The number of nitrogens with one attached hydrogen (secondary N) is 1. The molecule has 2 rings (SSSR count). The van der Waals surface area contributed by atoms with Crippen LogP contribution in [-0.2, 0) is 4.79 Å². The molecule has 1 aliphatic carbocycles. The van der Waals surface area contributed by atoms with Gasteiger partial charge in [-0.3, -0.25) is 4.79 Å². The molecule has 2 N–H and O–H groups in total. The number of rotatable bonds is 3. The molecule has 0 radical (unpaired) electrons. The molecular formula is C12H22N2O2. The van der Waals surface area contributed by atoms with Crippen molar-refractivity contribution >= 4 is 5.91 Å². The Kier molecular flexibility index (Phi) is 3.50. The minimum atomic E-state index is -0.622. The van der Waals surface area contributed by atoms with Crippen molar-refractivity contribution in [2.75, 3.05) is 20.1 Å². The van der Waals surface area contributed by atoms with E-state index in [-0.39, 0.29) is 11.9 Å². The first-order chi connectivity index (χ1) is 7.61. The van der Waals surface area contributed by atoms with Crippen molar-refractivity contribution in [2.24, 2.45) is 0 Å². The standard InChI is InChI=1S/C12H22N2O2/c1-14(9-12(16)6-2-3-7-12)11(15)10-5-4-8-13-10/h10,13,16H,2-9H2,1H3. The number of hydrogen-bond donors (Lipinski definition) is 2. The molecule has 0 aromatic rings. The van der Waals surface area contributed by atoms with E-state index < -0.39 is 5.60 Å². The fraction of sp³-hybridized carbons (Fsp3) is 0.917. The molecule has 0 aromatic carbocycles. The van der Waals surface area contributed by atoms with Gasteiger partial charge in [-0.25, -0.2) is 0 Å². The molecule has 92 valence electrons. The molecule has 2 fully saturated rings. The number of amides is 1. The molecule has 1 amide bonds. The lowest BCUT2D eigenvalue weighted by Crippen LogP contribution is -2.48. The lowest BCUT2D eigenvalue weighted by atomic mass is 10.0. The zero-order chi connectivity index (χ0) is 11.6. The normalized spacial score (nSPS) is 28.2. The van der Waals surface area contributed by atoms with Gasteiger partial charge in [-0.05, 0) is 32.2 Å². The molecular weight excluding hydrogens is 204 g/mol. The smallest absolute Gasteiger partial charge is 0.239 e. The van der Waals surface area contributed by atoms with Crippen LogP contribution in [0.1, 0.15) is 38.5 Å². The topological polar surface area (TPSA) is 52.6 Å². The van der Waals surface area contributed by atoms with Crippen LogP contribution in [0.4, 0.5) is 0 Å². The summed E-state index contributed by atoms with van der Waals surface area (Å²) in [6, 6.07) is -0.0185. The molecule has 1 heterocycles. The maximum Gasteiger partial charge on any atom is 0.239 e. The minimum Gasteiger partial charge on any atom is -0.388 e. The van der Waals surface area contributed by atoms with Gasteiger partial charge < -0.3 is 15.3 Å². The van der Waals surface area contributed by atoms with Gasteiger partial charge >= 0.3 is 0 Å². The van der Waals surface area contributed by atoms with E-state index in [4.69, 9.17) is 0 Å². The largest absolute Gasteiger partial charge is 0.388 e. The van der Waals surface area contributed by atoms with Crippen LogP contribution in [0.2, 0.25) is 0 Å². The summed E-state index contributed by atoms with van der Waals surface area (Å²) in [6.07, 6.45) is 5.85. The van der Waals surface area contributed by atoms with E-state index >= 15 is 0 Å².